The molecule has 0 saturated carbocycles. The Morgan fingerprint density at radius 2 is 0.772 bits per heavy atom. The van der Waals surface area contributed by atoms with Gasteiger partial charge in [-0.25, -0.2) is 8.42 Å². The molecule has 290 valence electrons. The zero-order chi connectivity index (χ0) is 40.1. The minimum absolute atomic E-state index is 0.0365. The van der Waals surface area contributed by atoms with Gasteiger partial charge >= 0.3 is 0 Å². The lowest BCUT2D eigenvalue weighted by atomic mass is 9.87. The highest BCUT2D eigenvalue weighted by molar-refractivity contribution is 7.97. The normalized spacial score (nSPS) is 11.3. The van der Waals surface area contributed by atoms with Crippen LogP contribution in [0.2, 0.25) is 0 Å². The zero-order valence-corrected chi connectivity index (χ0v) is 33.5. The fourth-order valence-corrected chi connectivity index (χ4v) is 7.99. The average molecular weight is 798 g/mol. The van der Waals surface area contributed by atoms with Crippen LogP contribution in [0, 0.1) is 0 Å². The molecule has 57 heavy (non-hydrogen) atoms. The van der Waals surface area contributed by atoms with Gasteiger partial charge in [-0.3, -0.25) is 15.0 Å². The Balaban J connectivity index is 0.000000333. The van der Waals surface area contributed by atoms with Gasteiger partial charge in [0.15, 0.2) is 14.7 Å². The molecule has 0 fully saturated rings. The Morgan fingerprint density at radius 1 is 0.474 bits per heavy atom. The van der Waals surface area contributed by atoms with Crippen LogP contribution in [0.25, 0.3) is 0 Å². The van der Waals surface area contributed by atoms with Gasteiger partial charge in [0.05, 0.1) is 15.8 Å². The minimum Gasteiger partial charge on any atom is -0.744 e. The van der Waals surface area contributed by atoms with Crippen LogP contribution in [0.3, 0.4) is 0 Å². The number of nitrogens with zero attached hydrogens (tertiary/aromatic N) is 3. The molecule has 3 aromatic heterocycles. The summed E-state index contributed by atoms with van der Waals surface area (Å²) in [5.41, 5.74) is 4.21. The highest BCUT2D eigenvalue weighted by Crippen LogP contribution is 2.34. The summed E-state index contributed by atoms with van der Waals surface area (Å²) in [6.07, 6.45) is 10.7. The maximum Gasteiger partial charge on any atom is 0.166 e. The molecule has 7 rings (SSSR count). The Labute approximate surface area is 337 Å². The first-order valence-corrected chi connectivity index (χ1v) is 20.8. The van der Waals surface area contributed by atoms with Gasteiger partial charge in [0.2, 0.25) is 0 Å². The Hall–Kier alpha value is -6.01. The number of hydrogen-bond acceptors (Lipinski definition) is 9. The van der Waals surface area contributed by atoms with Gasteiger partial charge in [0, 0.05) is 37.2 Å². The Morgan fingerprint density at radius 3 is 1.04 bits per heavy atom. The molecule has 0 aliphatic carbocycles. The number of pyridine rings is 3. The lowest BCUT2D eigenvalue weighted by molar-refractivity contribution is 0.306. The fourth-order valence-electron chi connectivity index (χ4n) is 5.48. The van der Waals surface area contributed by atoms with Crippen molar-refractivity contribution in [2.24, 2.45) is 0 Å². The van der Waals surface area contributed by atoms with E-state index in [1.807, 2.05) is 93.6 Å². The van der Waals surface area contributed by atoms with Crippen molar-refractivity contribution < 1.29 is 27.2 Å². The van der Waals surface area contributed by atoms with Crippen LogP contribution in [0.4, 0.5) is 0 Å². The van der Waals surface area contributed by atoms with Gasteiger partial charge in [0.25, 0.3) is 0 Å². The Kier molecular flexibility index (Phi) is 13.7. The summed E-state index contributed by atoms with van der Waals surface area (Å²) >= 11 is 0. The van der Waals surface area contributed by atoms with E-state index in [4.69, 9.17) is 14.2 Å². The lowest BCUT2D eigenvalue weighted by Gasteiger charge is -2.19. The monoisotopic (exact) mass is 797 g/mol. The zero-order valence-electron chi connectivity index (χ0n) is 31.9. The molecule has 0 N–H and O–H groups in total. The summed E-state index contributed by atoms with van der Waals surface area (Å²) in [5, 5.41) is 0. The highest BCUT2D eigenvalue weighted by Gasteiger charge is 2.29. The van der Waals surface area contributed by atoms with Crippen molar-refractivity contribution in [3.63, 3.8) is 0 Å². The minimum atomic E-state index is -4.32. The van der Waals surface area contributed by atoms with E-state index in [-0.39, 0.29) is 21.2 Å². The molecule has 0 atom stereocenters. The van der Waals surface area contributed by atoms with Gasteiger partial charge in [0.1, 0.15) is 47.2 Å². The van der Waals surface area contributed by atoms with Crippen molar-refractivity contribution in [2.45, 2.75) is 65.6 Å². The van der Waals surface area contributed by atoms with Gasteiger partial charge < -0.3 is 18.8 Å². The third-order valence-electron chi connectivity index (χ3n) is 8.65. The predicted molar refractivity (Wildman–Crippen MR) is 220 cm³/mol. The maximum absolute atomic E-state index is 10.6. The number of benzene rings is 4. The van der Waals surface area contributed by atoms with Gasteiger partial charge in [-0.15, -0.1) is 0 Å². The first-order valence-electron chi connectivity index (χ1n) is 18.2. The van der Waals surface area contributed by atoms with Crippen molar-refractivity contribution >= 4 is 21.0 Å². The number of rotatable bonds is 13. The number of aromatic nitrogens is 3. The first kappa shape index (κ1) is 40.6. The van der Waals surface area contributed by atoms with Crippen LogP contribution in [0.5, 0.6) is 17.2 Å². The second-order valence-corrected chi connectivity index (χ2v) is 17.3. The standard InChI is InChI=1S/C36H30N3O3S.C10H14O3S/c1-7-34(8-2-31(1)40-25-28-13-19-37-20-14-28)43(35-9-3-32(4-10-35)41-26-29-15-21-38-22-16-29)36-11-5-33(6-12-36)42-27-30-17-23-39-24-18-30;1-10(2,3)8-4-6-9(7-5-8)14(11,12)13/h1-24H,25-27H2;4-7H,1-3H3,(H,11,12,13)/q+1;/p-1. The smallest absolute Gasteiger partial charge is 0.166 e. The van der Waals surface area contributed by atoms with Crippen LogP contribution in [0.1, 0.15) is 43.0 Å². The molecule has 0 bridgehead atoms. The molecule has 0 saturated heterocycles. The fraction of sp³-hybridized carbons (Fsp3) is 0.152. The summed E-state index contributed by atoms with van der Waals surface area (Å²) in [5.74, 6) is 2.47. The summed E-state index contributed by atoms with van der Waals surface area (Å²) < 4.78 is 50.0. The van der Waals surface area contributed by atoms with Crippen LogP contribution in [-0.4, -0.2) is 27.9 Å². The molecular weight excluding hydrogens is 755 g/mol. The van der Waals surface area contributed by atoms with E-state index >= 15 is 0 Å². The quantitative estimate of drug-likeness (QED) is 0.0829. The van der Waals surface area contributed by atoms with E-state index in [1.54, 1.807) is 49.3 Å². The summed E-state index contributed by atoms with van der Waals surface area (Å²) in [7, 11) is -4.67. The highest BCUT2D eigenvalue weighted by atomic mass is 32.2. The van der Waals surface area contributed by atoms with Gasteiger partial charge in [-0.1, -0.05) is 32.9 Å². The molecule has 3 heterocycles. The molecule has 0 spiro atoms. The predicted octanol–water partition coefficient (Wildman–Crippen LogP) is 9.59. The molecule has 0 radical (unpaired) electrons. The maximum atomic E-state index is 10.6. The van der Waals surface area contributed by atoms with E-state index in [0.29, 0.717) is 19.8 Å². The second-order valence-electron chi connectivity index (χ2n) is 13.9. The SMILES string of the molecule is CC(C)(C)c1ccc(S(=O)(=O)[O-])cc1.c1cc(COc2ccc([S+](c3ccc(OCc4ccncc4)cc3)c3ccc(OCc4ccncc4)cc3)cc2)ccn1. The van der Waals surface area contributed by atoms with Crippen LogP contribution >= 0.6 is 0 Å². The Bertz CT molecular complexity index is 2170. The van der Waals surface area contributed by atoms with Crippen LogP contribution in [-0.2, 0) is 46.2 Å². The lowest BCUT2D eigenvalue weighted by Crippen LogP contribution is -2.11. The van der Waals surface area contributed by atoms with Crippen molar-refractivity contribution in [1.82, 2.24) is 15.0 Å². The summed E-state index contributed by atoms with van der Waals surface area (Å²) in [4.78, 5) is 15.6. The van der Waals surface area contributed by atoms with Crippen molar-refractivity contribution in [3.05, 3.63) is 193 Å². The van der Waals surface area contributed by atoms with Crippen molar-refractivity contribution in [2.75, 3.05) is 0 Å². The van der Waals surface area contributed by atoms with Gasteiger partial charge in [-0.05, 0) is 149 Å². The molecule has 0 aliphatic rings. The third kappa shape index (κ3) is 12.2. The van der Waals surface area contributed by atoms with E-state index < -0.39 is 10.1 Å². The topological polar surface area (TPSA) is 124 Å². The largest absolute Gasteiger partial charge is 0.744 e. The first-order chi connectivity index (χ1) is 27.5. The number of ether oxygens (including phenoxy) is 3. The van der Waals surface area contributed by atoms with E-state index in [1.165, 1.54) is 26.8 Å². The van der Waals surface area contributed by atoms with Crippen molar-refractivity contribution in [3.8, 4) is 17.2 Å². The molecule has 7 aromatic rings. The van der Waals surface area contributed by atoms with Gasteiger partial charge in [-0.2, -0.15) is 0 Å². The van der Waals surface area contributed by atoms with E-state index in [0.717, 1.165) is 39.5 Å². The molecule has 0 amide bonds. The molecular formula is C46H43N3O6S2. The number of hydrogen-bond donors (Lipinski definition) is 0. The molecule has 0 unspecified atom stereocenters. The molecule has 0 aliphatic heterocycles. The second kappa shape index (κ2) is 19.2. The third-order valence-corrected chi connectivity index (χ3v) is 11.7. The summed E-state index contributed by atoms with van der Waals surface area (Å²) in [6.45, 7) is 7.55. The summed E-state index contributed by atoms with van der Waals surface area (Å²) in [6, 6.07) is 42.9. The molecule has 4 aromatic carbocycles. The van der Waals surface area contributed by atoms with Crippen LogP contribution < -0.4 is 14.2 Å². The molecule has 9 nitrogen and oxygen atoms in total. The van der Waals surface area contributed by atoms with Crippen LogP contribution in [0.15, 0.2) is 190 Å². The van der Waals surface area contributed by atoms with E-state index in [2.05, 4.69) is 51.4 Å². The average Bonchev–Trinajstić information content (AvgIpc) is 3.24. The van der Waals surface area contributed by atoms with Crippen molar-refractivity contribution in [1.29, 1.82) is 0 Å². The van der Waals surface area contributed by atoms with E-state index in [9.17, 15) is 13.0 Å². The molecule has 11 heteroatoms.